The molecule has 0 bridgehead atoms. The lowest BCUT2D eigenvalue weighted by Gasteiger charge is -2.33. The molecule has 224 valence electrons. The van der Waals surface area contributed by atoms with E-state index in [0.29, 0.717) is 6.42 Å². The molecule has 0 spiro atoms. The van der Waals surface area contributed by atoms with Gasteiger partial charge in [-0.05, 0) is 53.8 Å². The molecular formula is C35H39N3O4S. The number of aryl methyl sites for hydroxylation is 1. The Morgan fingerprint density at radius 2 is 1.49 bits per heavy atom. The molecule has 1 aliphatic carbocycles. The standard InChI is InChI=1S/C35H39N3O4S/c1-26-16-18-28(19-17-26)24-38(33(22-27-10-4-3-5-11-27)35(40)36-31-14-8-9-15-31)34(39)25-37(2)43(41,42)32-21-20-29-12-6-7-13-30(29)23-32/h3-7,10-13,16-21,23,31,33H,8-9,14-15,22,24-25H2,1-2H3,(H,36,40)/t33-/m0/s1. The molecule has 7 nitrogen and oxygen atoms in total. The van der Waals surface area contributed by atoms with Gasteiger partial charge in [-0.3, -0.25) is 9.59 Å². The van der Waals surface area contributed by atoms with Gasteiger partial charge in [0.1, 0.15) is 6.04 Å². The second-order valence-corrected chi connectivity index (χ2v) is 13.5. The van der Waals surface area contributed by atoms with Crippen molar-refractivity contribution >= 4 is 32.6 Å². The van der Waals surface area contributed by atoms with Gasteiger partial charge in [-0.25, -0.2) is 8.42 Å². The fourth-order valence-electron chi connectivity index (χ4n) is 5.69. The molecule has 0 radical (unpaired) electrons. The predicted octanol–water partition coefficient (Wildman–Crippen LogP) is 5.47. The van der Waals surface area contributed by atoms with Crippen molar-refractivity contribution < 1.29 is 18.0 Å². The number of hydrogen-bond donors (Lipinski definition) is 1. The van der Waals surface area contributed by atoms with Crippen molar-refractivity contribution in [3.8, 4) is 0 Å². The van der Waals surface area contributed by atoms with E-state index in [1.807, 2.05) is 85.8 Å². The highest BCUT2D eigenvalue weighted by Gasteiger charge is 2.34. The van der Waals surface area contributed by atoms with Crippen LogP contribution < -0.4 is 5.32 Å². The van der Waals surface area contributed by atoms with Gasteiger partial charge in [0.15, 0.2) is 0 Å². The van der Waals surface area contributed by atoms with Gasteiger partial charge in [0.05, 0.1) is 11.4 Å². The van der Waals surface area contributed by atoms with E-state index in [0.717, 1.165) is 57.5 Å². The van der Waals surface area contributed by atoms with Crippen LogP contribution in [0.15, 0.2) is 102 Å². The summed E-state index contributed by atoms with van der Waals surface area (Å²) in [5.74, 6) is -0.647. The summed E-state index contributed by atoms with van der Waals surface area (Å²) in [4.78, 5) is 29.7. The van der Waals surface area contributed by atoms with Gasteiger partial charge in [-0.15, -0.1) is 0 Å². The van der Waals surface area contributed by atoms with E-state index in [4.69, 9.17) is 0 Å². The maximum atomic E-state index is 14.1. The molecule has 1 N–H and O–H groups in total. The summed E-state index contributed by atoms with van der Waals surface area (Å²) in [6.07, 6.45) is 4.29. The number of fused-ring (bicyclic) bond motifs is 1. The van der Waals surface area contributed by atoms with Crippen LogP contribution in [0.4, 0.5) is 0 Å². The van der Waals surface area contributed by atoms with Crippen molar-refractivity contribution in [3.63, 3.8) is 0 Å². The molecule has 1 atom stereocenters. The van der Waals surface area contributed by atoms with Gasteiger partial charge < -0.3 is 10.2 Å². The first-order valence-corrected chi connectivity index (χ1v) is 16.3. The van der Waals surface area contributed by atoms with Crippen LogP contribution in [0.25, 0.3) is 10.8 Å². The Hall–Kier alpha value is -4.01. The van der Waals surface area contributed by atoms with Crippen LogP contribution in [0.5, 0.6) is 0 Å². The number of hydrogen-bond acceptors (Lipinski definition) is 4. The summed E-state index contributed by atoms with van der Waals surface area (Å²) >= 11 is 0. The largest absolute Gasteiger partial charge is 0.352 e. The van der Waals surface area contributed by atoms with E-state index in [2.05, 4.69) is 5.32 Å². The van der Waals surface area contributed by atoms with Crippen LogP contribution in [-0.4, -0.2) is 55.1 Å². The summed E-state index contributed by atoms with van der Waals surface area (Å²) in [5.41, 5.74) is 2.88. The number of likely N-dealkylation sites (N-methyl/N-ethyl adjacent to an activating group) is 1. The average molecular weight is 598 g/mol. The fraction of sp³-hybridized carbons (Fsp3) is 0.314. The number of sulfonamides is 1. The van der Waals surface area contributed by atoms with Crippen molar-refractivity contribution in [2.75, 3.05) is 13.6 Å². The minimum Gasteiger partial charge on any atom is -0.352 e. The first kappa shape index (κ1) is 30.4. The van der Waals surface area contributed by atoms with Crippen LogP contribution in [0.3, 0.4) is 0 Å². The Morgan fingerprint density at radius 1 is 0.837 bits per heavy atom. The topological polar surface area (TPSA) is 86.8 Å². The van der Waals surface area contributed by atoms with Crippen LogP contribution in [0.1, 0.15) is 42.4 Å². The SMILES string of the molecule is Cc1ccc(CN(C(=O)CN(C)S(=O)(=O)c2ccc3ccccc3c2)[C@@H](Cc2ccccc2)C(=O)NC2CCCC2)cc1. The Balaban J connectivity index is 1.45. The monoisotopic (exact) mass is 597 g/mol. The third-order valence-corrected chi connectivity index (χ3v) is 10.0. The number of nitrogens with one attached hydrogen (secondary N) is 1. The van der Waals surface area contributed by atoms with Gasteiger partial charge in [0, 0.05) is 26.1 Å². The molecule has 0 unspecified atom stereocenters. The minimum absolute atomic E-state index is 0.0815. The second kappa shape index (κ2) is 13.5. The molecule has 4 aromatic carbocycles. The van der Waals surface area contributed by atoms with Crippen LogP contribution in [0, 0.1) is 6.92 Å². The lowest BCUT2D eigenvalue weighted by Crippen LogP contribution is -2.54. The highest BCUT2D eigenvalue weighted by Crippen LogP contribution is 2.23. The molecule has 5 rings (SSSR count). The summed E-state index contributed by atoms with van der Waals surface area (Å²) in [5, 5.41) is 4.92. The van der Waals surface area contributed by atoms with Gasteiger partial charge in [-0.2, -0.15) is 4.31 Å². The lowest BCUT2D eigenvalue weighted by molar-refractivity contribution is -0.141. The molecule has 0 saturated heterocycles. The zero-order chi connectivity index (χ0) is 30.4. The molecule has 2 amide bonds. The Bertz CT molecular complexity index is 1670. The fourth-order valence-corrected chi connectivity index (χ4v) is 6.84. The lowest BCUT2D eigenvalue weighted by atomic mass is 10.0. The summed E-state index contributed by atoms with van der Waals surface area (Å²) < 4.78 is 28.3. The van der Waals surface area contributed by atoms with Crippen LogP contribution in [0.2, 0.25) is 0 Å². The van der Waals surface area contributed by atoms with E-state index in [-0.39, 0.29) is 23.4 Å². The summed E-state index contributed by atoms with van der Waals surface area (Å²) in [7, 11) is -2.56. The van der Waals surface area contributed by atoms with E-state index >= 15 is 0 Å². The van der Waals surface area contributed by atoms with Crippen molar-refractivity contribution in [3.05, 3.63) is 114 Å². The Morgan fingerprint density at radius 3 is 2.19 bits per heavy atom. The number of amides is 2. The number of rotatable bonds is 11. The quantitative estimate of drug-likeness (QED) is 0.249. The predicted molar refractivity (Wildman–Crippen MR) is 170 cm³/mol. The van der Waals surface area contributed by atoms with Gasteiger partial charge in [-0.1, -0.05) is 103 Å². The van der Waals surface area contributed by atoms with Crippen molar-refractivity contribution in [2.45, 2.75) is 62.6 Å². The van der Waals surface area contributed by atoms with Gasteiger partial charge in [0.2, 0.25) is 21.8 Å². The van der Waals surface area contributed by atoms with E-state index in [1.54, 1.807) is 23.1 Å². The zero-order valence-corrected chi connectivity index (χ0v) is 25.6. The van der Waals surface area contributed by atoms with Crippen molar-refractivity contribution in [1.82, 2.24) is 14.5 Å². The van der Waals surface area contributed by atoms with Gasteiger partial charge >= 0.3 is 0 Å². The number of carbonyl (C=O) groups excluding carboxylic acids is 2. The molecular weight excluding hydrogens is 558 g/mol. The number of carbonyl (C=O) groups is 2. The van der Waals surface area contributed by atoms with E-state index < -0.39 is 28.5 Å². The molecule has 1 aliphatic rings. The second-order valence-electron chi connectivity index (χ2n) is 11.5. The molecule has 1 saturated carbocycles. The molecule has 0 heterocycles. The molecule has 8 heteroatoms. The van der Waals surface area contributed by atoms with Crippen molar-refractivity contribution in [1.29, 1.82) is 0 Å². The third kappa shape index (κ3) is 7.50. The third-order valence-electron chi connectivity index (χ3n) is 8.23. The Labute approximate surface area is 254 Å². The molecule has 1 fully saturated rings. The first-order valence-electron chi connectivity index (χ1n) is 14.8. The van der Waals surface area contributed by atoms with E-state index in [1.165, 1.54) is 7.05 Å². The normalized spacial score (nSPS) is 14.6. The Kier molecular flexibility index (Phi) is 9.58. The summed E-state index contributed by atoms with van der Waals surface area (Å²) in [6.45, 7) is 1.77. The number of benzene rings is 4. The average Bonchev–Trinajstić information content (AvgIpc) is 3.53. The smallest absolute Gasteiger partial charge is 0.243 e. The molecule has 43 heavy (non-hydrogen) atoms. The minimum atomic E-state index is -3.98. The molecule has 0 aromatic heterocycles. The maximum absolute atomic E-state index is 14.1. The van der Waals surface area contributed by atoms with Crippen LogP contribution in [-0.2, 0) is 32.6 Å². The summed E-state index contributed by atoms with van der Waals surface area (Å²) in [6, 6.07) is 29.2. The highest BCUT2D eigenvalue weighted by molar-refractivity contribution is 7.89. The first-order chi connectivity index (χ1) is 20.7. The molecule has 4 aromatic rings. The zero-order valence-electron chi connectivity index (χ0n) is 24.8. The van der Waals surface area contributed by atoms with Crippen LogP contribution >= 0.6 is 0 Å². The molecule has 0 aliphatic heterocycles. The maximum Gasteiger partial charge on any atom is 0.243 e. The van der Waals surface area contributed by atoms with Crippen molar-refractivity contribution in [2.24, 2.45) is 0 Å². The highest BCUT2D eigenvalue weighted by atomic mass is 32.2. The number of nitrogens with zero attached hydrogens (tertiary/aromatic N) is 2. The van der Waals surface area contributed by atoms with Gasteiger partial charge in [0.25, 0.3) is 0 Å². The van der Waals surface area contributed by atoms with E-state index in [9.17, 15) is 18.0 Å².